The predicted molar refractivity (Wildman–Crippen MR) is 88.4 cm³/mol. The molecule has 25 heavy (non-hydrogen) atoms. The lowest BCUT2D eigenvalue weighted by Crippen LogP contribution is -2.68. The average molecular weight is 351 g/mol. The maximum atomic E-state index is 11.6. The highest BCUT2D eigenvalue weighted by Crippen LogP contribution is 2.33. The van der Waals surface area contributed by atoms with Gasteiger partial charge in [0.15, 0.2) is 12.1 Å². The molecule has 5 atom stereocenters. The highest BCUT2D eigenvalue weighted by Gasteiger charge is 2.51. The first-order valence-electron chi connectivity index (χ1n) is 8.44. The van der Waals surface area contributed by atoms with Crippen molar-refractivity contribution in [3.05, 3.63) is 35.9 Å². The van der Waals surface area contributed by atoms with E-state index in [4.69, 9.17) is 18.9 Å². The van der Waals surface area contributed by atoms with E-state index in [9.17, 15) is 9.90 Å². The molecule has 2 aliphatic rings. The number of amides is 1. The van der Waals surface area contributed by atoms with Crippen LogP contribution in [0.1, 0.15) is 26.3 Å². The van der Waals surface area contributed by atoms with Crippen molar-refractivity contribution in [3.8, 4) is 0 Å². The van der Waals surface area contributed by atoms with Gasteiger partial charge in [-0.1, -0.05) is 30.3 Å². The largest absolute Gasteiger partial charge is 0.388 e. The lowest BCUT2D eigenvalue weighted by atomic mass is 9.95. The monoisotopic (exact) mass is 351 g/mol. The fourth-order valence-electron chi connectivity index (χ4n) is 3.13. The van der Waals surface area contributed by atoms with Crippen LogP contribution >= 0.6 is 0 Å². The van der Waals surface area contributed by atoms with Gasteiger partial charge in [0.1, 0.15) is 24.4 Å². The number of ether oxygens (including phenoxy) is 4. The number of benzene rings is 1. The lowest BCUT2D eigenvalue weighted by molar-refractivity contribution is -0.369. The molecule has 2 saturated heterocycles. The molecule has 1 aromatic carbocycles. The molecular weight excluding hydrogens is 326 g/mol. The zero-order chi connectivity index (χ0) is 18.0. The molecule has 0 radical (unpaired) electrons. The van der Waals surface area contributed by atoms with E-state index in [0.717, 1.165) is 5.56 Å². The Morgan fingerprint density at radius 3 is 2.76 bits per heavy atom. The lowest BCUT2D eigenvalue weighted by Gasteiger charge is -2.49. The first-order valence-corrected chi connectivity index (χ1v) is 8.44. The maximum absolute atomic E-state index is 11.6. The average Bonchev–Trinajstić information content (AvgIpc) is 2.57. The summed E-state index contributed by atoms with van der Waals surface area (Å²) in [5.41, 5.74) is 0.974. The molecular formula is C18H25NO6. The van der Waals surface area contributed by atoms with Crippen LogP contribution in [0.15, 0.2) is 30.3 Å². The second-order valence-electron chi connectivity index (χ2n) is 6.85. The Balaban J connectivity index is 1.73. The summed E-state index contributed by atoms with van der Waals surface area (Å²) in [6, 6.07) is 8.91. The molecule has 2 N–H and O–H groups in total. The van der Waals surface area contributed by atoms with Gasteiger partial charge in [0, 0.05) is 6.92 Å². The van der Waals surface area contributed by atoms with Gasteiger partial charge < -0.3 is 29.4 Å². The summed E-state index contributed by atoms with van der Waals surface area (Å²) in [7, 11) is 0. The highest BCUT2D eigenvalue weighted by atomic mass is 16.8. The van der Waals surface area contributed by atoms with Crippen LogP contribution in [0.3, 0.4) is 0 Å². The fraction of sp³-hybridized carbons (Fsp3) is 0.611. The van der Waals surface area contributed by atoms with E-state index < -0.39 is 36.4 Å². The van der Waals surface area contributed by atoms with Gasteiger partial charge in [-0.25, -0.2) is 0 Å². The zero-order valence-electron chi connectivity index (χ0n) is 14.7. The molecule has 2 heterocycles. The number of hydrogen-bond donors (Lipinski definition) is 2. The molecule has 0 aromatic heterocycles. The van der Waals surface area contributed by atoms with E-state index in [1.165, 1.54) is 6.92 Å². The quantitative estimate of drug-likeness (QED) is 0.840. The van der Waals surface area contributed by atoms with Crippen LogP contribution in [0.4, 0.5) is 0 Å². The molecule has 0 spiro atoms. The molecule has 0 saturated carbocycles. The number of fused-ring (bicyclic) bond motifs is 1. The minimum atomic E-state index is -0.966. The van der Waals surface area contributed by atoms with E-state index >= 15 is 0 Å². The Labute approximate surface area is 147 Å². The molecule has 7 heteroatoms. The van der Waals surface area contributed by atoms with Crippen molar-refractivity contribution in [1.82, 2.24) is 5.32 Å². The molecule has 138 valence electrons. The molecule has 7 nitrogen and oxygen atoms in total. The Morgan fingerprint density at radius 1 is 1.36 bits per heavy atom. The zero-order valence-corrected chi connectivity index (χ0v) is 14.7. The molecule has 2 aliphatic heterocycles. The summed E-state index contributed by atoms with van der Waals surface area (Å²) in [4.78, 5) is 11.6. The number of hydrogen-bond acceptors (Lipinski definition) is 6. The number of carbonyl (C=O) groups excluding carboxylic acids is 1. The molecule has 3 rings (SSSR count). The number of aliphatic hydroxyl groups excluding tert-OH is 1. The van der Waals surface area contributed by atoms with Crippen molar-refractivity contribution in [2.24, 2.45) is 0 Å². The molecule has 1 unspecified atom stereocenters. The van der Waals surface area contributed by atoms with E-state index in [1.54, 1.807) is 13.8 Å². The van der Waals surface area contributed by atoms with E-state index in [2.05, 4.69) is 5.32 Å². The Morgan fingerprint density at radius 2 is 2.08 bits per heavy atom. The second kappa shape index (κ2) is 7.39. The van der Waals surface area contributed by atoms with Gasteiger partial charge in [0.25, 0.3) is 0 Å². The van der Waals surface area contributed by atoms with Crippen LogP contribution < -0.4 is 5.32 Å². The fourth-order valence-corrected chi connectivity index (χ4v) is 3.13. The van der Waals surface area contributed by atoms with Crippen LogP contribution in [0, 0.1) is 0 Å². The summed E-state index contributed by atoms with van der Waals surface area (Å²) in [6.07, 6.45) is -2.83. The van der Waals surface area contributed by atoms with Gasteiger partial charge >= 0.3 is 0 Å². The van der Waals surface area contributed by atoms with Crippen molar-refractivity contribution >= 4 is 5.91 Å². The third-order valence-corrected chi connectivity index (χ3v) is 4.32. The molecule has 0 aliphatic carbocycles. The Bertz CT molecular complexity index is 592. The molecule has 2 fully saturated rings. The SMILES string of the molecule is CC(=O)N[C@@H]1[C@H](OCc2ccccc2)OC2COC(C)(C)O[C@@H]2[C@H]1O. The maximum Gasteiger partial charge on any atom is 0.217 e. The highest BCUT2D eigenvalue weighted by molar-refractivity contribution is 5.73. The summed E-state index contributed by atoms with van der Waals surface area (Å²) in [5, 5.41) is 13.5. The van der Waals surface area contributed by atoms with Gasteiger partial charge in [-0.15, -0.1) is 0 Å². The van der Waals surface area contributed by atoms with E-state index in [1.807, 2.05) is 30.3 Å². The number of aliphatic hydroxyl groups is 1. The molecule has 0 bridgehead atoms. The van der Waals surface area contributed by atoms with Crippen LogP contribution in [-0.2, 0) is 30.3 Å². The summed E-state index contributed by atoms with van der Waals surface area (Å²) in [6.45, 7) is 5.54. The van der Waals surface area contributed by atoms with E-state index in [0.29, 0.717) is 6.61 Å². The first kappa shape index (κ1) is 18.3. The van der Waals surface area contributed by atoms with Crippen LogP contribution in [0.2, 0.25) is 0 Å². The Hall–Kier alpha value is -1.51. The third kappa shape index (κ3) is 4.37. The van der Waals surface area contributed by atoms with Gasteiger partial charge in [-0.05, 0) is 19.4 Å². The van der Waals surface area contributed by atoms with Crippen molar-refractivity contribution < 1.29 is 28.8 Å². The third-order valence-electron chi connectivity index (χ3n) is 4.32. The number of nitrogens with one attached hydrogen (secondary N) is 1. The number of rotatable bonds is 4. The Kier molecular flexibility index (Phi) is 5.41. The van der Waals surface area contributed by atoms with E-state index in [-0.39, 0.29) is 12.5 Å². The minimum absolute atomic E-state index is 0.272. The van der Waals surface area contributed by atoms with Crippen molar-refractivity contribution in [2.75, 3.05) is 6.61 Å². The summed E-state index contributed by atoms with van der Waals surface area (Å²) >= 11 is 0. The van der Waals surface area contributed by atoms with Crippen LogP contribution in [0.5, 0.6) is 0 Å². The van der Waals surface area contributed by atoms with Crippen molar-refractivity contribution in [3.63, 3.8) is 0 Å². The molecule has 1 aromatic rings. The predicted octanol–water partition coefficient (Wildman–Crippen LogP) is 0.945. The van der Waals surface area contributed by atoms with Gasteiger partial charge in [0.2, 0.25) is 5.91 Å². The second-order valence-corrected chi connectivity index (χ2v) is 6.85. The van der Waals surface area contributed by atoms with Crippen molar-refractivity contribution in [2.45, 2.75) is 63.8 Å². The number of carbonyl (C=O) groups is 1. The van der Waals surface area contributed by atoms with Gasteiger partial charge in [-0.3, -0.25) is 4.79 Å². The summed E-state index contributed by atoms with van der Waals surface area (Å²) in [5.74, 6) is -1.09. The first-order chi connectivity index (χ1) is 11.9. The van der Waals surface area contributed by atoms with Crippen molar-refractivity contribution in [1.29, 1.82) is 0 Å². The topological polar surface area (TPSA) is 86.3 Å². The van der Waals surface area contributed by atoms with Crippen LogP contribution in [-0.4, -0.2) is 54.1 Å². The van der Waals surface area contributed by atoms with Gasteiger partial charge in [0.05, 0.1) is 13.2 Å². The van der Waals surface area contributed by atoms with Gasteiger partial charge in [-0.2, -0.15) is 0 Å². The standard InChI is InChI=1S/C18H25NO6/c1-11(20)19-14-15(21)16-13(10-23-18(2,3)25-16)24-17(14)22-9-12-7-5-4-6-8-12/h4-8,13-17,21H,9-10H2,1-3H3,(H,19,20)/t13?,14-,15-,16-,17+/m0/s1. The normalized spacial score (nSPS) is 34.2. The smallest absolute Gasteiger partial charge is 0.217 e. The molecule has 1 amide bonds. The van der Waals surface area contributed by atoms with Crippen LogP contribution in [0.25, 0.3) is 0 Å². The summed E-state index contributed by atoms with van der Waals surface area (Å²) < 4.78 is 23.2. The minimum Gasteiger partial charge on any atom is -0.388 e.